The average molecular weight is 661 g/mol. The van der Waals surface area contributed by atoms with Crippen LogP contribution in [0.4, 0.5) is 0 Å². The molecule has 250 valence electrons. The monoisotopic (exact) mass is 660 g/mol. The van der Waals surface area contributed by atoms with Gasteiger partial charge in [-0.2, -0.15) is 0 Å². The van der Waals surface area contributed by atoms with Crippen LogP contribution < -0.4 is 20.7 Å². The number of aromatic nitrogens is 2. The molecule has 0 amide bonds. The van der Waals surface area contributed by atoms with E-state index in [0.29, 0.717) is 24.3 Å². The van der Waals surface area contributed by atoms with Crippen LogP contribution in [0.2, 0.25) is 0 Å². The fraction of sp³-hybridized carbons (Fsp3) is 0.405. The molecular weight excluding hydrogens is 616 g/mol. The molecule has 0 radical (unpaired) electrons. The van der Waals surface area contributed by atoms with E-state index in [-0.39, 0.29) is 18.3 Å². The highest BCUT2D eigenvalue weighted by Crippen LogP contribution is 2.43. The Balaban J connectivity index is 1.52. The van der Waals surface area contributed by atoms with Gasteiger partial charge in [0.15, 0.2) is 0 Å². The molecule has 1 N–H and O–H groups in total. The van der Waals surface area contributed by atoms with E-state index in [9.17, 15) is 9.59 Å². The minimum atomic E-state index is -1.04. The van der Waals surface area contributed by atoms with E-state index in [4.69, 9.17) is 23.7 Å². The Morgan fingerprint density at radius 1 is 0.894 bits per heavy atom. The van der Waals surface area contributed by atoms with Crippen LogP contribution in [0.15, 0.2) is 94.6 Å². The van der Waals surface area contributed by atoms with Crippen molar-refractivity contribution in [1.29, 1.82) is 0 Å². The SMILES string of the molecule is CCCCCc1cn([C@@H]2CC(OCSC)[C@H](COC(c3ccccc3)(c3ccc(OC)cc3)c3ccc(OC)cc3)O2)c(=O)[nH]c1=O. The summed E-state index contributed by atoms with van der Waals surface area (Å²) in [5.41, 5.74) is 1.43. The average Bonchev–Trinajstić information content (AvgIpc) is 3.52. The quantitative estimate of drug-likeness (QED) is 0.0851. The first-order chi connectivity index (χ1) is 22.9. The minimum Gasteiger partial charge on any atom is -0.497 e. The van der Waals surface area contributed by atoms with E-state index in [2.05, 4.69) is 24.0 Å². The van der Waals surface area contributed by atoms with Gasteiger partial charge in [-0.3, -0.25) is 14.3 Å². The molecule has 10 heteroatoms. The zero-order valence-corrected chi connectivity index (χ0v) is 28.3. The first-order valence-corrected chi connectivity index (χ1v) is 17.4. The second kappa shape index (κ2) is 16.3. The van der Waals surface area contributed by atoms with Crippen LogP contribution in [0, 0.1) is 0 Å². The number of unbranched alkanes of at least 4 members (excludes halogenated alkanes) is 2. The number of aryl methyl sites for hydroxylation is 1. The lowest BCUT2D eigenvalue weighted by Crippen LogP contribution is -2.38. The topological polar surface area (TPSA) is 101 Å². The molecule has 0 spiro atoms. The third-order valence-corrected chi connectivity index (χ3v) is 8.99. The summed E-state index contributed by atoms with van der Waals surface area (Å²) < 4.78 is 32.4. The maximum absolute atomic E-state index is 13.0. The highest BCUT2D eigenvalue weighted by Gasteiger charge is 2.43. The summed E-state index contributed by atoms with van der Waals surface area (Å²) in [5.74, 6) is 1.93. The fourth-order valence-electron chi connectivity index (χ4n) is 6.12. The number of rotatable bonds is 16. The van der Waals surface area contributed by atoms with Gasteiger partial charge < -0.3 is 23.7 Å². The highest BCUT2D eigenvalue weighted by molar-refractivity contribution is 7.98. The van der Waals surface area contributed by atoms with Gasteiger partial charge in [-0.05, 0) is 60.1 Å². The summed E-state index contributed by atoms with van der Waals surface area (Å²) in [6.07, 6.45) is 6.09. The third-order valence-electron chi connectivity index (χ3n) is 8.62. The zero-order chi connectivity index (χ0) is 33.2. The van der Waals surface area contributed by atoms with E-state index < -0.39 is 23.6 Å². The van der Waals surface area contributed by atoms with Gasteiger partial charge in [0.25, 0.3) is 5.56 Å². The molecular formula is C37H44N2O7S. The fourth-order valence-corrected chi connectivity index (χ4v) is 6.43. The van der Waals surface area contributed by atoms with Crippen molar-refractivity contribution >= 4 is 11.8 Å². The van der Waals surface area contributed by atoms with E-state index in [0.717, 1.165) is 47.5 Å². The maximum atomic E-state index is 13.0. The van der Waals surface area contributed by atoms with Gasteiger partial charge in [0.2, 0.25) is 0 Å². The molecule has 2 heterocycles. The summed E-state index contributed by atoms with van der Waals surface area (Å²) in [6.45, 7) is 2.27. The standard InChI is InChI=1S/C37H44N2O7S/c1-5-6-8-11-26-23-39(36(41)38-35(26)40)34-22-32(44-25-47-4)33(46-34)24-45-37(27-12-9-7-10-13-27,28-14-18-30(42-2)19-15-28)29-16-20-31(43-3)21-17-29/h7,9-10,12-21,23,32-34H,5-6,8,11,22,24-25H2,1-4H3,(H,38,40,41)/t32?,33-,34-/m0/s1. The van der Waals surface area contributed by atoms with Gasteiger partial charge in [-0.25, -0.2) is 4.79 Å². The lowest BCUT2D eigenvalue weighted by atomic mass is 9.80. The minimum absolute atomic E-state index is 0.157. The van der Waals surface area contributed by atoms with Crippen LogP contribution >= 0.6 is 11.8 Å². The van der Waals surface area contributed by atoms with Crippen LogP contribution in [-0.4, -0.2) is 54.8 Å². The molecule has 5 rings (SSSR count). The number of nitrogens with zero attached hydrogens (tertiary/aromatic N) is 1. The van der Waals surface area contributed by atoms with E-state index in [1.165, 1.54) is 4.57 Å². The van der Waals surface area contributed by atoms with E-state index in [1.807, 2.05) is 73.0 Å². The van der Waals surface area contributed by atoms with Crippen molar-refractivity contribution in [2.24, 2.45) is 0 Å². The molecule has 3 aromatic carbocycles. The Morgan fingerprint density at radius 3 is 2.09 bits per heavy atom. The molecule has 1 unspecified atom stereocenters. The normalized spacial score (nSPS) is 17.9. The van der Waals surface area contributed by atoms with Gasteiger partial charge in [-0.15, -0.1) is 11.8 Å². The molecule has 47 heavy (non-hydrogen) atoms. The van der Waals surface area contributed by atoms with E-state index in [1.54, 1.807) is 32.2 Å². The Hall–Kier alpha value is -3.83. The highest BCUT2D eigenvalue weighted by atomic mass is 32.2. The first-order valence-electron chi connectivity index (χ1n) is 16.0. The number of methoxy groups -OCH3 is 2. The molecule has 4 aromatic rings. The Labute approximate surface area is 280 Å². The first kappa shape index (κ1) is 34.5. The van der Waals surface area contributed by atoms with Crippen molar-refractivity contribution in [3.05, 3.63) is 128 Å². The van der Waals surface area contributed by atoms with Gasteiger partial charge in [0.05, 0.1) is 32.9 Å². The largest absolute Gasteiger partial charge is 0.497 e. The number of nitrogens with one attached hydrogen (secondary N) is 1. The van der Waals surface area contributed by atoms with Crippen LogP contribution in [0.5, 0.6) is 11.5 Å². The van der Waals surface area contributed by atoms with Crippen molar-refractivity contribution < 1.29 is 23.7 Å². The Morgan fingerprint density at radius 2 is 1.51 bits per heavy atom. The Kier molecular flexibility index (Phi) is 12.0. The van der Waals surface area contributed by atoms with E-state index >= 15 is 0 Å². The Bertz CT molecular complexity index is 1620. The maximum Gasteiger partial charge on any atom is 0.330 e. The molecule has 1 aliphatic heterocycles. The number of hydrogen-bond acceptors (Lipinski definition) is 8. The van der Waals surface area contributed by atoms with Crippen molar-refractivity contribution in [3.63, 3.8) is 0 Å². The van der Waals surface area contributed by atoms with Gasteiger partial charge in [0.1, 0.15) is 29.4 Å². The summed E-state index contributed by atoms with van der Waals surface area (Å²) in [5, 5.41) is 0. The lowest BCUT2D eigenvalue weighted by Gasteiger charge is -2.37. The van der Waals surface area contributed by atoms with Crippen molar-refractivity contribution in [2.75, 3.05) is 33.0 Å². The van der Waals surface area contributed by atoms with Gasteiger partial charge >= 0.3 is 5.69 Å². The third kappa shape index (κ3) is 7.84. The van der Waals surface area contributed by atoms with Gasteiger partial charge in [-0.1, -0.05) is 74.4 Å². The molecule has 1 saturated heterocycles. The summed E-state index contributed by atoms with van der Waals surface area (Å²) in [4.78, 5) is 28.1. The number of thioether (sulfide) groups is 1. The second-order valence-electron chi connectivity index (χ2n) is 11.6. The van der Waals surface area contributed by atoms with Crippen molar-refractivity contribution in [1.82, 2.24) is 9.55 Å². The summed E-state index contributed by atoms with van der Waals surface area (Å²) in [7, 11) is 3.29. The summed E-state index contributed by atoms with van der Waals surface area (Å²) in [6, 6.07) is 25.8. The number of H-pyrrole nitrogens is 1. The molecule has 1 aliphatic rings. The number of benzene rings is 3. The molecule has 1 fully saturated rings. The molecule has 3 atom stereocenters. The second-order valence-corrected chi connectivity index (χ2v) is 12.4. The van der Waals surface area contributed by atoms with Crippen molar-refractivity contribution in [2.45, 2.75) is 63.1 Å². The van der Waals surface area contributed by atoms with Crippen LogP contribution in [0.1, 0.15) is 61.1 Å². The molecule has 0 saturated carbocycles. The molecule has 0 bridgehead atoms. The predicted octanol–water partition coefficient (Wildman–Crippen LogP) is 6.29. The summed E-state index contributed by atoms with van der Waals surface area (Å²) >= 11 is 1.57. The number of ether oxygens (including phenoxy) is 5. The van der Waals surface area contributed by atoms with Crippen LogP contribution in [0.3, 0.4) is 0 Å². The smallest absolute Gasteiger partial charge is 0.330 e. The molecule has 1 aromatic heterocycles. The predicted molar refractivity (Wildman–Crippen MR) is 185 cm³/mol. The zero-order valence-electron chi connectivity index (χ0n) is 27.5. The van der Waals surface area contributed by atoms with Crippen LogP contribution in [-0.2, 0) is 26.2 Å². The molecule has 0 aliphatic carbocycles. The van der Waals surface area contributed by atoms with Gasteiger partial charge in [0, 0.05) is 18.2 Å². The van der Waals surface area contributed by atoms with Crippen LogP contribution in [0.25, 0.3) is 0 Å². The number of hydrogen-bond donors (Lipinski definition) is 1. The number of aromatic amines is 1. The lowest BCUT2D eigenvalue weighted by molar-refractivity contribution is -0.100. The molecule has 9 nitrogen and oxygen atoms in total. The van der Waals surface area contributed by atoms with Crippen molar-refractivity contribution in [3.8, 4) is 11.5 Å².